The van der Waals surface area contributed by atoms with Crippen molar-refractivity contribution in [2.24, 2.45) is 0 Å². The second kappa shape index (κ2) is 6.33. The monoisotopic (exact) mass is 261 g/mol. The van der Waals surface area contributed by atoms with Gasteiger partial charge < -0.3 is 0 Å². The molecule has 0 spiro atoms. The first-order valence-electron chi connectivity index (χ1n) is 7.16. The van der Waals surface area contributed by atoms with Gasteiger partial charge in [-0.05, 0) is 42.6 Å². The summed E-state index contributed by atoms with van der Waals surface area (Å²) in [7, 11) is 0. The van der Waals surface area contributed by atoms with Gasteiger partial charge in [-0.1, -0.05) is 46.8 Å². The number of carbonyl (C=O) groups excluding carboxylic acids is 1. The zero-order valence-electron chi connectivity index (χ0n) is 13.2. The number of ketones is 1. The van der Waals surface area contributed by atoms with Crippen LogP contribution in [0.25, 0.3) is 0 Å². The summed E-state index contributed by atoms with van der Waals surface area (Å²) in [5.41, 5.74) is 3.25. The Kier molecular flexibility index (Phi) is 5.30. The molecule has 0 radical (unpaired) electrons. The van der Waals surface area contributed by atoms with Gasteiger partial charge in [-0.2, -0.15) is 0 Å². The van der Waals surface area contributed by atoms with Gasteiger partial charge in [0.15, 0.2) is 5.78 Å². The van der Waals surface area contributed by atoms with Crippen molar-refractivity contribution in [2.75, 3.05) is 19.6 Å². The minimum Gasteiger partial charge on any atom is -0.296 e. The van der Waals surface area contributed by atoms with Gasteiger partial charge in [-0.15, -0.1) is 0 Å². The molecule has 19 heavy (non-hydrogen) atoms. The van der Waals surface area contributed by atoms with Crippen LogP contribution in [0.1, 0.15) is 56.1 Å². The first-order chi connectivity index (χ1) is 8.79. The lowest BCUT2D eigenvalue weighted by Gasteiger charge is -2.22. The van der Waals surface area contributed by atoms with Gasteiger partial charge in [0.1, 0.15) is 0 Å². The third-order valence-corrected chi connectivity index (χ3v) is 3.67. The van der Waals surface area contributed by atoms with E-state index in [1.54, 1.807) is 0 Å². The van der Waals surface area contributed by atoms with Gasteiger partial charge >= 0.3 is 0 Å². The van der Waals surface area contributed by atoms with E-state index in [9.17, 15) is 4.79 Å². The third-order valence-electron chi connectivity index (χ3n) is 3.67. The Morgan fingerprint density at radius 2 is 1.74 bits per heavy atom. The molecule has 1 aromatic rings. The number of carbonyl (C=O) groups is 1. The zero-order chi connectivity index (χ0) is 14.6. The average molecular weight is 261 g/mol. The van der Waals surface area contributed by atoms with Crippen LogP contribution in [-0.2, 0) is 5.41 Å². The Labute approximate surface area is 117 Å². The van der Waals surface area contributed by atoms with E-state index in [0.29, 0.717) is 6.54 Å². The molecule has 0 fully saturated rings. The summed E-state index contributed by atoms with van der Waals surface area (Å²) in [6.45, 7) is 15.1. The number of likely N-dealkylation sites (N-methyl/N-ethyl adjacent to an activating group) is 1. The van der Waals surface area contributed by atoms with Crippen LogP contribution >= 0.6 is 0 Å². The molecular formula is C17H27NO. The van der Waals surface area contributed by atoms with Crippen molar-refractivity contribution in [3.8, 4) is 0 Å². The quantitative estimate of drug-likeness (QED) is 0.751. The Balaban J connectivity index is 3.02. The van der Waals surface area contributed by atoms with Gasteiger partial charge in [0.2, 0.25) is 0 Å². The number of Topliss-reactive ketones (excluding diaryl/α,β-unsaturated/α-hetero) is 1. The number of hydrogen-bond acceptors (Lipinski definition) is 2. The molecule has 0 saturated carbocycles. The van der Waals surface area contributed by atoms with Gasteiger partial charge in [0.25, 0.3) is 0 Å². The van der Waals surface area contributed by atoms with Crippen molar-refractivity contribution in [3.63, 3.8) is 0 Å². The normalized spacial score (nSPS) is 11.9. The summed E-state index contributed by atoms with van der Waals surface area (Å²) in [4.78, 5) is 14.6. The highest BCUT2D eigenvalue weighted by atomic mass is 16.1. The van der Waals surface area contributed by atoms with Crippen LogP contribution in [0.3, 0.4) is 0 Å². The highest BCUT2D eigenvalue weighted by molar-refractivity contribution is 5.99. The van der Waals surface area contributed by atoms with Crippen LogP contribution in [0.4, 0.5) is 0 Å². The van der Waals surface area contributed by atoms with E-state index in [0.717, 1.165) is 24.2 Å². The summed E-state index contributed by atoms with van der Waals surface area (Å²) in [5, 5.41) is 0. The maximum absolute atomic E-state index is 12.4. The van der Waals surface area contributed by atoms with Crippen LogP contribution in [0.2, 0.25) is 0 Å². The minimum atomic E-state index is 0.0813. The highest BCUT2D eigenvalue weighted by Crippen LogP contribution is 2.24. The number of aryl methyl sites for hydroxylation is 1. The highest BCUT2D eigenvalue weighted by Gasteiger charge is 2.18. The van der Waals surface area contributed by atoms with E-state index in [1.165, 1.54) is 5.56 Å². The summed E-state index contributed by atoms with van der Waals surface area (Å²) in [5.74, 6) is 0.229. The van der Waals surface area contributed by atoms with Crippen molar-refractivity contribution in [3.05, 3.63) is 34.9 Å². The molecule has 0 heterocycles. The van der Waals surface area contributed by atoms with E-state index in [4.69, 9.17) is 0 Å². The fraction of sp³-hybridized carbons (Fsp3) is 0.588. The van der Waals surface area contributed by atoms with Crippen molar-refractivity contribution in [1.29, 1.82) is 0 Å². The van der Waals surface area contributed by atoms with Crippen LogP contribution in [0, 0.1) is 6.92 Å². The molecule has 2 heteroatoms. The van der Waals surface area contributed by atoms with E-state index in [2.05, 4.69) is 57.7 Å². The van der Waals surface area contributed by atoms with Crippen LogP contribution < -0.4 is 0 Å². The van der Waals surface area contributed by atoms with Crippen molar-refractivity contribution in [2.45, 2.75) is 47.0 Å². The number of rotatable bonds is 5. The number of hydrogen-bond donors (Lipinski definition) is 0. The lowest BCUT2D eigenvalue weighted by Crippen LogP contribution is -2.30. The Bertz CT molecular complexity index is 439. The average Bonchev–Trinajstić information content (AvgIpc) is 2.34. The topological polar surface area (TPSA) is 20.3 Å². The molecule has 0 aliphatic heterocycles. The number of nitrogens with zero attached hydrogens (tertiary/aromatic N) is 1. The number of benzene rings is 1. The molecule has 0 unspecified atom stereocenters. The minimum absolute atomic E-state index is 0.0813. The van der Waals surface area contributed by atoms with E-state index < -0.39 is 0 Å². The SMILES string of the molecule is CCN(CC)CC(=O)c1cc(C(C)(C)C)ccc1C. The molecule has 0 bridgehead atoms. The van der Waals surface area contributed by atoms with Gasteiger partial charge in [-0.25, -0.2) is 0 Å². The lowest BCUT2D eigenvalue weighted by atomic mass is 9.84. The molecule has 106 valence electrons. The van der Waals surface area contributed by atoms with Gasteiger partial charge in [-0.3, -0.25) is 9.69 Å². The van der Waals surface area contributed by atoms with Crippen LogP contribution in [0.15, 0.2) is 18.2 Å². The standard InChI is InChI=1S/C17H27NO/c1-7-18(8-2)12-16(19)15-11-14(17(4,5)6)10-9-13(15)3/h9-11H,7-8,12H2,1-6H3. The second-order valence-corrected chi connectivity index (χ2v) is 6.16. The molecule has 0 aliphatic rings. The molecule has 0 aromatic heterocycles. The fourth-order valence-corrected chi connectivity index (χ4v) is 2.12. The first kappa shape index (κ1) is 15.9. The molecule has 1 rings (SSSR count). The molecule has 2 nitrogen and oxygen atoms in total. The maximum Gasteiger partial charge on any atom is 0.177 e. The van der Waals surface area contributed by atoms with Crippen LogP contribution in [0.5, 0.6) is 0 Å². The summed E-state index contributed by atoms with van der Waals surface area (Å²) in [6.07, 6.45) is 0. The van der Waals surface area contributed by atoms with Crippen LogP contribution in [-0.4, -0.2) is 30.3 Å². The van der Waals surface area contributed by atoms with Crippen molar-refractivity contribution in [1.82, 2.24) is 4.90 Å². The van der Waals surface area contributed by atoms with Crippen molar-refractivity contribution < 1.29 is 4.79 Å². The largest absolute Gasteiger partial charge is 0.296 e. The maximum atomic E-state index is 12.4. The predicted molar refractivity (Wildman–Crippen MR) is 82.0 cm³/mol. The van der Waals surface area contributed by atoms with E-state index >= 15 is 0 Å². The molecule has 0 N–H and O–H groups in total. The fourth-order valence-electron chi connectivity index (χ4n) is 2.12. The molecule has 0 aliphatic carbocycles. The Hall–Kier alpha value is -1.15. The summed E-state index contributed by atoms with van der Waals surface area (Å²) >= 11 is 0. The lowest BCUT2D eigenvalue weighted by molar-refractivity contribution is 0.0936. The molecule has 0 amide bonds. The summed E-state index contributed by atoms with van der Waals surface area (Å²) < 4.78 is 0. The van der Waals surface area contributed by atoms with Crippen molar-refractivity contribution >= 4 is 5.78 Å². The Morgan fingerprint density at radius 1 is 1.16 bits per heavy atom. The van der Waals surface area contributed by atoms with E-state index in [1.807, 2.05) is 6.92 Å². The third kappa shape index (κ3) is 4.17. The van der Waals surface area contributed by atoms with Gasteiger partial charge in [0.05, 0.1) is 6.54 Å². The molecule has 1 aromatic carbocycles. The zero-order valence-corrected chi connectivity index (χ0v) is 13.2. The predicted octanol–water partition coefficient (Wildman–Crippen LogP) is 3.82. The second-order valence-electron chi connectivity index (χ2n) is 6.16. The van der Waals surface area contributed by atoms with Gasteiger partial charge in [0, 0.05) is 5.56 Å². The molecule has 0 atom stereocenters. The Morgan fingerprint density at radius 3 is 2.21 bits per heavy atom. The summed E-state index contributed by atoms with van der Waals surface area (Å²) in [6, 6.07) is 6.26. The smallest absolute Gasteiger partial charge is 0.177 e. The molecular weight excluding hydrogens is 234 g/mol. The molecule has 0 saturated heterocycles. The van der Waals surface area contributed by atoms with E-state index in [-0.39, 0.29) is 11.2 Å². The first-order valence-corrected chi connectivity index (χ1v) is 7.16.